The Labute approximate surface area is 228 Å². The molecular formula is C26H26F2N10O2. The number of nitrogens with zero attached hydrogens (tertiary/aromatic N) is 9. The highest BCUT2D eigenvalue weighted by Gasteiger charge is 2.34. The molecular weight excluding hydrogens is 522 g/mol. The number of carbonyl (C=O) groups excluding carboxylic acids is 2. The maximum Gasteiger partial charge on any atom is 0.341 e. The van der Waals surface area contributed by atoms with Crippen molar-refractivity contribution in [2.75, 3.05) is 31.1 Å². The molecule has 1 saturated heterocycles. The van der Waals surface area contributed by atoms with Crippen LogP contribution in [0.5, 0.6) is 0 Å². The van der Waals surface area contributed by atoms with Gasteiger partial charge in [0.15, 0.2) is 5.82 Å². The van der Waals surface area contributed by atoms with Crippen molar-refractivity contribution in [3.8, 4) is 17.3 Å². The van der Waals surface area contributed by atoms with E-state index in [-0.39, 0.29) is 23.8 Å². The van der Waals surface area contributed by atoms with Gasteiger partial charge in [0.2, 0.25) is 11.9 Å². The Morgan fingerprint density at radius 3 is 2.60 bits per heavy atom. The molecule has 2 aromatic heterocycles. The number of halogens is 2. The average Bonchev–Trinajstić information content (AvgIpc) is 3.52. The second-order valence-electron chi connectivity index (χ2n) is 9.57. The zero-order chi connectivity index (χ0) is 28.6. The van der Waals surface area contributed by atoms with Gasteiger partial charge < -0.3 is 15.5 Å². The minimum absolute atomic E-state index is 0.0651. The summed E-state index contributed by atoms with van der Waals surface area (Å²) in [5.74, 6) is -1.45. The lowest BCUT2D eigenvalue weighted by Gasteiger charge is -2.37. The number of urea groups is 1. The van der Waals surface area contributed by atoms with Crippen LogP contribution in [-0.2, 0) is 11.3 Å². The fraction of sp³-hybridized carbons (Fsp3) is 0.346. The number of hydrogen-bond donors (Lipinski definition) is 1. The van der Waals surface area contributed by atoms with Gasteiger partial charge in [0.05, 0.1) is 29.6 Å². The van der Waals surface area contributed by atoms with Crippen LogP contribution in [0.15, 0.2) is 29.5 Å². The molecule has 0 radical (unpaired) electrons. The first-order chi connectivity index (χ1) is 19.2. The third kappa shape index (κ3) is 5.05. The molecule has 1 atom stereocenters. The first kappa shape index (κ1) is 26.7. The van der Waals surface area contributed by atoms with Crippen molar-refractivity contribution >= 4 is 24.1 Å². The minimum atomic E-state index is -0.628. The normalized spacial score (nSPS) is 16.9. The van der Waals surface area contributed by atoms with Crippen molar-refractivity contribution in [2.24, 2.45) is 10.8 Å². The molecule has 2 aliphatic heterocycles. The van der Waals surface area contributed by atoms with Crippen molar-refractivity contribution in [3.05, 3.63) is 58.5 Å². The molecule has 2 N–H and O–H groups in total. The van der Waals surface area contributed by atoms with Gasteiger partial charge in [-0.15, -0.1) is 0 Å². The van der Waals surface area contributed by atoms with Crippen molar-refractivity contribution in [3.63, 3.8) is 0 Å². The summed E-state index contributed by atoms with van der Waals surface area (Å²) in [6.45, 7) is 4.70. The summed E-state index contributed by atoms with van der Waals surface area (Å²) >= 11 is 0. The standard InChI is InChI=1S/C26H26F2N10O2/c1-15-23(16(2)37(34-15)14-22(30)39)24-20(28)13-31-25(33-24)35-5-7-36(8-6-35)26(40)38-21(3-4-32-38)18-9-17(12-29)10-19(27)11-18/h4,9-11,13,21H,3,5-8,14H2,1-2H3,(H2,30,39). The minimum Gasteiger partial charge on any atom is -0.368 e. The van der Waals surface area contributed by atoms with Gasteiger partial charge in [-0.2, -0.15) is 15.5 Å². The third-order valence-electron chi connectivity index (χ3n) is 6.95. The molecule has 0 saturated carbocycles. The molecule has 0 spiro atoms. The SMILES string of the molecule is Cc1nn(CC(N)=O)c(C)c1-c1nc(N2CCN(C(=O)N3N=CCC3c3cc(F)cc(C#N)c3)CC2)ncc1F. The summed E-state index contributed by atoms with van der Waals surface area (Å²) in [5.41, 5.74) is 7.55. The number of nitrogens with two attached hydrogens (primary N) is 1. The number of hydrazone groups is 1. The van der Waals surface area contributed by atoms with E-state index in [2.05, 4.69) is 20.2 Å². The van der Waals surface area contributed by atoms with Gasteiger partial charge in [0.25, 0.3) is 0 Å². The molecule has 0 bridgehead atoms. The summed E-state index contributed by atoms with van der Waals surface area (Å²) in [6.07, 6.45) is 3.10. The first-order valence-electron chi connectivity index (χ1n) is 12.6. The number of aryl methyl sites for hydroxylation is 1. The molecule has 1 unspecified atom stereocenters. The fourth-order valence-corrected chi connectivity index (χ4v) is 5.01. The Bertz CT molecular complexity index is 1560. The predicted octanol–water partition coefficient (Wildman–Crippen LogP) is 2.27. The maximum atomic E-state index is 14.9. The number of anilines is 1. The van der Waals surface area contributed by atoms with E-state index in [9.17, 15) is 23.6 Å². The van der Waals surface area contributed by atoms with E-state index >= 15 is 0 Å². The van der Waals surface area contributed by atoms with Crippen LogP contribution in [0.25, 0.3) is 11.3 Å². The number of nitriles is 1. The van der Waals surface area contributed by atoms with Crippen molar-refractivity contribution in [2.45, 2.75) is 32.9 Å². The zero-order valence-electron chi connectivity index (χ0n) is 21.9. The maximum absolute atomic E-state index is 14.9. The van der Waals surface area contributed by atoms with Crippen LogP contribution in [-0.4, -0.2) is 74.0 Å². The number of hydrogen-bond acceptors (Lipinski definition) is 8. The molecule has 0 aliphatic carbocycles. The van der Waals surface area contributed by atoms with Gasteiger partial charge in [0.1, 0.15) is 18.1 Å². The van der Waals surface area contributed by atoms with Crippen LogP contribution in [0.3, 0.4) is 0 Å². The second-order valence-corrected chi connectivity index (χ2v) is 9.57. The Balaban J connectivity index is 1.30. The van der Waals surface area contributed by atoms with Crippen LogP contribution >= 0.6 is 0 Å². The number of carbonyl (C=O) groups is 2. The van der Waals surface area contributed by atoms with E-state index in [1.807, 2.05) is 11.0 Å². The van der Waals surface area contributed by atoms with Gasteiger partial charge in [-0.3, -0.25) is 9.48 Å². The number of primary amides is 1. The molecule has 1 fully saturated rings. The molecule has 2 aliphatic rings. The monoisotopic (exact) mass is 548 g/mol. The number of benzene rings is 1. The van der Waals surface area contributed by atoms with Crippen LogP contribution in [0.4, 0.5) is 19.5 Å². The predicted molar refractivity (Wildman–Crippen MR) is 140 cm³/mol. The Hall–Kier alpha value is -4.93. The smallest absolute Gasteiger partial charge is 0.341 e. The molecule has 14 heteroatoms. The average molecular weight is 549 g/mol. The quantitative estimate of drug-likeness (QED) is 0.514. The van der Waals surface area contributed by atoms with E-state index in [1.54, 1.807) is 31.0 Å². The van der Waals surface area contributed by atoms with E-state index < -0.39 is 23.6 Å². The van der Waals surface area contributed by atoms with Crippen LogP contribution in [0.2, 0.25) is 0 Å². The number of rotatable bonds is 5. The van der Waals surface area contributed by atoms with Crippen molar-refractivity contribution in [1.82, 2.24) is 29.7 Å². The summed E-state index contributed by atoms with van der Waals surface area (Å²) < 4.78 is 30.3. The molecule has 206 valence electrons. The van der Waals surface area contributed by atoms with E-state index in [0.29, 0.717) is 61.1 Å². The van der Waals surface area contributed by atoms with Gasteiger partial charge in [-0.1, -0.05) is 0 Å². The van der Waals surface area contributed by atoms with Gasteiger partial charge in [0, 0.05) is 50.1 Å². The molecule has 12 nitrogen and oxygen atoms in total. The van der Waals surface area contributed by atoms with E-state index in [0.717, 1.165) is 12.3 Å². The summed E-state index contributed by atoms with van der Waals surface area (Å²) in [4.78, 5) is 36.8. The number of amides is 3. The van der Waals surface area contributed by atoms with Crippen LogP contribution in [0, 0.1) is 36.8 Å². The Morgan fingerprint density at radius 1 is 1.15 bits per heavy atom. The zero-order valence-corrected chi connectivity index (χ0v) is 21.9. The van der Waals surface area contributed by atoms with Crippen LogP contribution < -0.4 is 10.6 Å². The van der Waals surface area contributed by atoms with Crippen molar-refractivity contribution < 1.29 is 18.4 Å². The largest absolute Gasteiger partial charge is 0.368 e. The van der Waals surface area contributed by atoms with Crippen molar-refractivity contribution in [1.29, 1.82) is 5.26 Å². The Morgan fingerprint density at radius 2 is 1.90 bits per heavy atom. The summed E-state index contributed by atoms with van der Waals surface area (Å²) in [7, 11) is 0. The summed E-state index contributed by atoms with van der Waals surface area (Å²) in [5, 5.41) is 19.0. The molecule has 3 aromatic rings. The lowest BCUT2D eigenvalue weighted by Crippen LogP contribution is -2.52. The fourth-order valence-electron chi connectivity index (χ4n) is 5.01. The highest BCUT2D eigenvalue weighted by atomic mass is 19.1. The third-order valence-corrected chi connectivity index (χ3v) is 6.95. The molecule has 5 rings (SSSR count). The Kier molecular flexibility index (Phi) is 7.12. The molecule has 4 heterocycles. The molecule has 1 aromatic carbocycles. The topological polar surface area (TPSA) is 150 Å². The highest BCUT2D eigenvalue weighted by Crippen LogP contribution is 2.32. The first-order valence-corrected chi connectivity index (χ1v) is 12.6. The van der Waals surface area contributed by atoms with E-state index in [1.165, 1.54) is 15.8 Å². The van der Waals surface area contributed by atoms with Gasteiger partial charge in [-0.25, -0.2) is 28.6 Å². The number of piperazine rings is 1. The highest BCUT2D eigenvalue weighted by molar-refractivity contribution is 5.79. The van der Waals surface area contributed by atoms with Gasteiger partial charge in [-0.05, 0) is 37.6 Å². The van der Waals surface area contributed by atoms with Crippen LogP contribution in [0.1, 0.15) is 35.0 Å². The lowest BCUT2D eigenvalue weighted by molar-refractivity contribution is -0.118. The second kappa shape index (κ2) is 10.7. The van der Waals surface area contributed by atoms with E-state index in [4.69, 9.17) is 5.73 Å². The number of aromatic nitrogens is 4. The lowest BCUT2D eigenvalue weighted by atomic mass is 10.0. The molecule has 40 heavy (non-hydrogen) atoms. The molecule has 3 amide bonds. The summed E-state index contributed by atoms with van der Waals surface area (Å²) in [6, 6.07) is 5.09. The van der Waals surface area contributed by atoms with Gasteiger partial charge >= 0.3 is 6.03 Å².